The molecule has 11 nitrogen and oxygen atoms in total. The normalized spacial score (nSPS) is 26.0. The van der Waals surface area contributed by atoms with Gasteiger partial charge < -0.3 is 21.1 Å². The van der Waals surface area contributed by atoms with E-state index in [1.165, 1.54) is 25.7 Å². The summed E-state index contributed by atoms with van der Waals surface area (Å²) < 4.78 is 0. The SMILES string of the molecule is CC(C)[C@@H]1C[C@@H](C(=O)NC(CCCCCC2CC2)C(=O)C(N)=O)N(C(=O)[C@@H](NC(O)N[C@H](C(=O)C2CC2)C2CCCCC2)C2CCCCC2)C1. The van der Waals surface area contributed by atoms with Crippen LogP contribution in [0.25, 0.3) is 0 Å². The molecule has 0 aromatic rings. The van der Waals surface area contributed by atoms with Crippen molar-refractivity contribution in [3.05, 3.63) is 0 Å². The Balaban J connectivity index is 1.29. The third-order valence-electron chi connectivity index (χ3n) is 12.5. The molecule has 0 bridgehead atoms. The highest BCUT2D eigenvalue weighted by molar-refractivity contribution is 6.37. The summed E-state index contributed by atoms with van der Waals surface area (Å²) in [6.07, 6.45) is 17.7. The number of nitrogens with one attached hydrogen (secondary N) is 3. The molecule has 6 N–H and O–H groups in total. The Hall–Kier alpha value is -2.37. The second-order valence-electron chi connectivity index (χ2n) is 16.8. The van der Waals surface area contributed by atoms with Crippen molar-refractivity contribution in [2.24, 2.45) is 41.2 Å². The van der Waals surface area contributed by atoms with Crippen LogP contribution in [0.2, 0.25) is 0 Å². The van der Waals surface area contributed by atoms with Gasteiger partial charge in [0.2, 0.25) is 17.6 Å². The van der Waals surface area contributed by atoms with Gasteiger partial charge in [-0.1, -0.05) is 90.9 Å². The predicted molar refractivity (Wildman–Crippen MR) is 191 cm³/mol. The van der Waals surface area contributed by atoms with Gasteiger partial charge >= 0.3 is 0 Å². The number of aliphatic hydroxyl groups excluding tert-OH is 1. The van der Waals surface area contributed by atoms with Gasteiger partial charge in [-0.2, -0.15) is 0 Å². The molecule has 11 heteroatoms. The zero-order valence-electron chi connectivity index (χ0n) is 30.7. The maximum atomic E-state index is 14.7. The van der Waals surface area contributed by atoms with Crippen molar-refractivity contribution in [2.75, 3.05) is 6.54 Å². The Morgan fingerprint density at radius 2 is 1.36 bits per heavy atom. The van der Waals surface area contributed by atoms with Gasteiger partial charge in [-0.15, -0.1) is 0 Å². The Morgan fingerprint density at radius 3 is 1.92 bits per heavy atom. The lowest BCUT2D eigenvalue weighted by molar-refractivity contribution is -0.144. The first kappa shape index (κ1) is 38.9. The first-order chi connectivity index (χ1) is 24.0. The number of primary amides is 1. The standard InChI is InChI=1S/C39H65N5O6/c1-24(2)29-22-31(37(48)41-30(35(46)36(40)47)17-11-3-6-12-25-18-19-25)44(23-29)38(49)33(27-15-9-5-10-16-27)43-39(50)42-32(34(45)28-20-21-28)26-13-7-4-8-14-26/h24-33,39,42-43,50H,3-23H2,1-2H3,(H2,40,47)(H,41,48)/t29-,30?,31+,32+,33+,39?/m1/s1. The number of rotatable bonds is 20. The van der Waals surface area contributed by atoms with Crippen molar-refractivity contribution < 1.29 is 29.1 Å². The minimum absolute atomic E-state index is 0.0263. The number of likely N-dealkylation sites (tertiary alicyclic amines) is 1. The molecule has 5 aliphatic rings. The van der Waals surface area contributed by atoms with Crippen LogP contribution in [-0.2, 0) is 24.0 Å². The van der Waals surface area contributed by atoms with E-state index >= 15 is 0 Å². The van der Waals surface area contributed by atoms with E-state index in [9.17, 15) is 29.1 Å². The fourth-order valence-electron chi connectivity index (χ4n) is 8.90. The Kier molecular flexibility index (Phi) is 14.3. The summed E-state index contributed by atoms with van der Waals surface area (Å²) in [5.74, 6) is -1.05. The van der Waals surface area contributed by atoms with Crippen molar-refractivity contribution >= 4 is 29.3 Å². The number of carbonyl (C=O) groups excluding carboxylic acids is 5. The number of aliphatic hydroxyl groups is 1. The first-order valence-corrected chi connectivity index (χ1v) is 20.2. The van der Waals surface area contributed by atoms with Crippen LogP contribution in [-0.4, -0.2) is 76.4 Å². The molecule has 3 amide bonds. The minimum Gasteiger partial charge on any atom is -0.365 e. The zero-order valence-corrected chi connectivity index (χ0v) is 30.7. The van der Waals surface area contributed by atoms with Gasteiger partial charge in [-0.3, -0.25) is 34.6 Å². The molecule has 282 valence electrons. The highest BCUT2D eigenvalue weighted by Crippen LogP contribution is 2.37. The Morgan fingerprint density at radius 1 is 0.760 bits per heavy atom. The lowest BCUT2D eigenvalue weighted by Crippen LogP contribution is -2.62. The van der Waals surface area contributed by atoms with Crippen LogP contribution in [0.4, 0.5) is 0 Å². The minimum atomic E-state index is -1.26. The van der Waals surface area contributed by atoms with Crippen molar-refractivity contribution in [1.82, 2.24) is 20.9 Å². The third-order valence-corrected chi connectivity index (χ3v) is 12.5. The molecule has 6 atom stereocenters. The van der Waals surface area contributed by atoms with Crippen molar-refractivity contribution in [1.29, 1.82) is 0 Å². The second kappa shape index (κ2) is 18.4. The average Bonchev–Trinajstić information content (AvgIpc) is 4.06. The summed E-state index contributed by atoms with van der Waals surface area (Å²) in [6, 6.07) is -3.01. The zero-order chi connectivity index (χ0) is 35.8. The lowest BCUT2D eigenvalue weighted by atomic mass is 9.81. The fraction of sp³-hybridized carbons (Fsp3) is 0.872. The van der Waals surface area contributed by atoms with E-state index in [-0.39, 0.29) is 41.3 Å². The van der Waals surface area contributed by atoms with Crippen LogP contribution in [0.15, 0.2) is 0 Å². The molecule has 0 radical (unpaired) electrons. The molecule has 0 aromatic heterocycles. The van der Waals surface area contributed by atoms with Crippen LogP contribution in [0, 0.1) is 35.5 Å². The molecule has 5 rings (SSSR count). The van der Waals surface area contributed by atoms with E-state index in [0.717, 1.165) is 89.4 Å². The monoisotopic (exact) mass is 699 g/mol. The van der Waals surface area contributed by atoms with E-state index in [0.29, 0.717) is 25.8 Å². The lowest BCUT2D eigenvalue weighted by Gasteiger charge is -2.37. The summed E-state index contributed by atoms with van der Waals surface area (Å²) in [6.45, 7) is 4.56. The molecule has 5 fully saturated rings. The first-order valence-electron chi connectivity index (χ1n) is 20.2. The van der Waals surface area contributed by atoms with Gasteiger partial charge in [0.15, 0.2) is 12.1 Å². The van der Waals surface area contributed by atoms with Gasteiger partial charge in [0.25, 0.3) is 5.91 Å². The summed E-state index contributed by atoms with van der Waals surface area (Å²) >= 11 is 0. The molecule has 2 unspecified atom stereocenters. The largest absolute Gasteiger partial charge is 0.365 e. The molecular formula is C39H65N5O6. The van der Waals surface area contributed by atoms with E-state index < -0.39 is 48.1 Å². The molecule has 50 heavy (non-hydrogen) atoms. The number of nitrogens with zero attached hydrogens (tertiary/aromatic N) is 1. The van der Waals surface area contributed by atoms with E-state index in [2.05, 4.69) is 29.8 Å². The van der Waals surface area contributed by atoms with Crippen molar-refractivity contribution in [2.45, 2.75) is 173 Å². The average molecular weight is 700 g/mol. The van der Waals surface area contributed by atoms with Crippen LogP contribution < -0.4 is 21.7 Å². The molecule has 4 aliphatic carbocycles. The molecule has 1 saturated heterocycles. The van der Waals surface area contributed by atoms with E-state index in [1.807, 2.05) is 0 Å². The van der Waals surface area contributed by atoms with Gasteiger partial charge in [0.1, 0.15) is 6.04 Å². The number of unbranched alkanes of at least 4 members (excludes halogenated alkanes) is 2. The van der Waals surface area contributed by atoms with Gasteiger partial charge in [0.05, 0.1) is 18.1 Å². The highest BCUT2D eigenvalue weighted by Gasteiger charge is 2.46. The molecule has 1 aliphatic heterocycles. The summed E-state index contributed by atoms with van der Waals surface area (Å²) in [5, 5.41) is 20.8. The van der Waals surface area contributed by atoms with Crippen LogP contribution >= 0.6 is 0 Å². The number of amides is 3. The summed E-state index contributed by atoms with van der Waals surface area (Å²) in [5.41, 5.74) is 5.41. The summed E-state index contributed by atoms with van der Waals surface area (Å²) in [7, 11) is 0. The molecule has 0 aromatic carbocycles. The molecular weight excluding hydrogens is 634 g/mol. The van der Waals surface area contributed by atoms with Crippen LogP contribution in [0.3, 0.4) is 0 Å². The van der Waals surface area contributed by atoms with E-state index in [4.69, 9.17) is 5.73 Å². The fourth-order valence-corrected chi connectivity index (χ4v) is 8.90. The van der Waals surface area contributed by atoms with Gasteiger partial charge in [-0.25, -0.2) is 0 Å². The summed E-state index contributed by atoms with van der Waals surface area (Å²) in [4.78, 5) is 68.6. The topological polar surface area (TPSA) is 171 Å². The van der Waals surface area contributed by atoms with Crippen LogP contribution in [0.1, 0.15) is 142 Å². The number of carbonyl (C=O) groups is 5. The quantitative estimate of drug-likeness (QED) is 0.0719. The van der Waals surface area contributed by atoms with Crippen molar-refractivity contribution in [3.63, 3.8) is 0 Å². The second-order valence-corrected chi connectivity index (χ2v) is 16.8. The Labute approximate surface area is 299 Å². The number of ketones is 2. The molecule has 1 heterocycles. The van der Waals surface area contributed by atoms with E-state index in [1.54, 1.807) is 4.90 Å². The number of hydrogen-bond acceptors (Lipinski definition) is 8. The van der Waals surface area contributed by atoms with Gasteiger partial charge in [0, 0.05) is 12.5 Å². The van der Waals surface area contributed by atoms with Crippen molar-refractivity contribution in [3.8, 4) is 0 Å². The number of Topliss-reactive ketones (excluding diaryl/α,β-unsaturated/α-hetero) is 2. The smallest absolute Gasteiger partial charge is 0.287 e. The maximum absolute atomic E-state index is 14.7. The molecule has 4 saturated carbocycles. The number of hydrogen-bond donors (Lipinski definition) is 5. The number of nitrogens with two attached hydrogens (primary N) is 1. The maximum Gasteiger partial charge on any atom is 0.287 e. The third kappa shape index (κ3) is 10.8. The van der Waals surface area contributed by atoms with Gasteiger partial charge in [-0.05, 0) is 81.0 Å². The van der Waals surface area contributed by atoms with Crippen LogP contribution in [0.5, 0.6) is 0 Å². The molecule has 0 spiro atoms. The Bertz CT molecular complexity index is 1180. The predicted octanol–water partition coefficient (Wildman–Crippen LogP) is 4.09. The highest BCUT2D eigenvalue weighted by atomic mass is 16.3.